The number of hydrogen-bond acceptors (Lipinski definition) is 4. The SMILES string of the molecule is CC(O)C(=O)N1CCC[C@H]1C(=O)OCc1ccccc1. The fourth-order valence-electron chi connectivity index (χ4n) is 2.34. The normalized spacial score (nSPS) is 19.7. The van der Waals surface area contributed by atoms with Crippen LogP contribution in [0.5, 0.6) is 0 Å². The maximum absolute atomic E-state index is 12.1. The molecule has 0 aromatic heterocycles. The van der Waals surface area contributed by atoms with E-state index in [1.54, 1.807) is 0 Å². The Bertz CT molecular complexity index is 472. The van der Waals surface area contributed by atoms with Gasteiger partial charge in [-0.25, -0.2) is 4.79 Å². The molecule has 1 aliphatic heterocycles. The first kappa shape index (κ1) is 14.5. The number of likely N-dealkylation sites (tertiary alicyclic amines) is 1. The van der Waals surface area contributed by atoms with E-state index >= 15 is 0 Å². The van der Waals surface area contributed by atoms with Gasteiger partial charge in [0.2, 0.25) is 0 Å². The molecule has 2 rings (SSSR count). The molecule has 1 aliphatic rings. The molecule has 0 bridgehead atoms. The van der Waals surface area contributed by atoms with Gasteiger partial charge in [-0.3, -0.25) is 4.79 Å². The minimum Gasteiger partial charge on any atom is -0.459 e. The third kappa shape index (κ3) is 3.36. The fraction of sp³-hybridized carbons (Fsp3) is 0.467. The molecule has 5 heteroatoms. The molecule has 1 amide bonds. The average molecular weight is 277 g/mol. The van der Waals surface area contributed by atoms with Crippen molar-refractivity contribution in [2.24, 2.45) is 0 Å². The lowest BCUT2D eigenvalue weighted by Gasteiger charge is -2.24. The van der Waals surface area contributed by atoms with Gasteiger partial charge >= 0.3 is 5.97 Å². The van der Waals surface area contributed by atoms with Crippen molar-refractivity contribution in [3.8, 4) is 0 Å². The van der Waals surface area contributed by atoms with Crippen LogP contribution in [0.25, 0.3) is 0 Å². The molecule has 0 spiro atoms. The molecule has 0 saturated carbocycles. The molecular weight excluding hydrogens is 258 g/mol. The molecule has 2 atom stereocenters. The van der Waals surface area contributed by atoms with Crippen molar-refractivity contribution in [1.82, 2.24) is 4.90 Å². The molecule has 1 fully saturated rings. The van der Waals surface area contributed by atoms with Crippen LogP contribution >= 0.6 is 0 Å². The molecule has 108 valence electrons. The molecule has 1 aromatic rings. The van der Waals surface area contributed by atoms with Gasteiger partial charge in [0.25, 0.3) is 5.91 Å². The maximum atomic E-state index is 12.1. The highest BCUT2D eigenvalue weighted by molar-refractivity contribution is 5.87. The highest BCUT2D eigenvalue weighted by Crippen LogP contribution is 2.20. The van der Waals surface area contributed by atoms with E-state index in [0.29, 0.717) is 13.0 Å². The first-order valence-corrected chi connectivity index (χ1v) is 6.78. The van der Waals surface area contributed by atoms with Crippen molar-refractivity contribution in [1.29, 1.82) is 0 Å². The van der Waals surface area contributed by atoms with E-state index in [0.717, 1.165) is 12.0 Å². The summed E-state index contributed by atoms with van der Waals surface area (Å²) in [6.45, 7) is 2.11. The highest BCUT2D eigenvalue weighted by Gasteiger charge is 2.36. The van der Waals surface area contributed by atoms with Crippen LogP contribution in [0.4, 0.5) is 0 Å². The second-order valence-corrected chi connectivity index (χ2v) is 4.96. The van der Waals surface area contributed by atoms with Crippen LogP contribution in [-0.4, -0.2) is 40.6 Å². The Balaban J connectivity index is 1.93. The fourth-order valence-corrected chi connectivity index (χ4v) is 2.34. The summed E-state index contributed by atoms with van der Waals surface area (Å²) in [5.74, 6) is -0.815. The van der Waals surface area contributed by atoms with Gasteiger partial charge in [-0.1, -0.05) is 30.3 Å². The molecule has 0 radical (unpaired) electrons. The van der Waals surface area contributed by atoms with E-state index in [2.05, 4.69) is 0 Å². The zero-order valence-corrected chi connectivity index (χ0v) is 11.5. The van der Waals surface area contributed by atoms with Crippen molar-refractivity contribution < 1.29 is 19.4 Å². The topological polar surface area (TPSA) is 66.8 Å². The molecule has 1 aromatic carbocycles. The van der Waals surface area contributed by atoms with Gasteiger partial charge in [0.05, 0.1) is 0 Å². The molecular formula is C15H19NO4. The number of carbonyl (C=O) groups is 2. The number of benzene rings is 1. The summed E-state index contributed by atoms with van der Waals surface area (Å²) in [5, 5.41) is 9.35. The Labute approximate surface area is 118 Å². The van der Waals surface area contributed by atoms with Gasteiger partial charge in [-0.2, -0.15) is 0 Å². The number of ether oxygens (including phenoxy) is 1. The number of nitrogens with zero attached hydrogens (tertiary/aromatic N) is 1. The Morgan fingerprint density at radius 3 is 2.75 bits per heavy atom. The van der Waals surface area contributed by atoms with E-state index in [1.165, 1.54) is 11.8 Å². The van der Waals surface area contributed by atoms with E-state index < -0.39 is 24.0 Å². The summed E-state index contributed by atoms with van der Waals surface area (Å²) >= 11 is 0. The molecule has 1 saturated heterocycles. The van der Waals surface area contributed by atoms with Crippen molar-refractivity contribution in [3.05, 3.63) is 35.9 Å². The molecule has 0 aliphatic carbocycles. The Kier molecular flexibility index (Phi) is 4.74. The molecule has 20 heavy (non-hydrogen) atoms. The zero-order valence-electron chi connectivity index (χ0n) is 11.5. The number of esters is 1. The van der Waals surface area contributed by atoms with E-state index in [4.69, 9.17) is 4.74 Å². The monoisotopic (exact) mass is 277 g/mol. The number of rotatable bonds is 4. The average Bonchev–Trinajstić information content (AvgIpc) is 2.94. The van der Waals surface area contributed by atoms with Crippen LogP contribution in [0.2, 0.25) is 0 Å². The molecule has 1 heterocycles. The molecule has 1 N–H and O–H groups in total. The van der Waals surface area contributed by atoms with Gasteiger partial charge in [-0.05, 0) is 25.3 Å². The molecule has 1 unspecified atom stereocenters. The summed E-state index contributed by atoms with van der Waals surface area (Å²) in [4.78, 5) is 25.3. The van der Waals surface area contributed by atoms with Crippen LogP contribution in [0.1, 0.15) is 25.3 Å². The van der Waals surface area contributed by atoms with Gasteiger partial charge in [0, 0.05) is 6.54 Å². The number of aliphatic hydroxyl groups excluding tert-OH is 1. The third-order valence-electron chi connectivity index (χ3n) is 3.39. The lowest BCUT2D eigenvalue weighted by Crippen LogP contribution is -2.45. The van der Waals surface area contributed by atoms with E-state index in [1.807, 2.05) is 30.3 Å². The molecule has 5 nitrogen and oxygen atoms in total. The summed E-state index contributed by atoms with van der Waals surface area (Å²) in [7, 11) is 0. The standard InChI is InChI=1S/C15H19NO4/c1-11(17)14(18)16-9-5-8-13(16)15(19)20-10-12-6-3-2-4-7-12/h2-4,6-7,11,13,17H,5,8-10H2,1H3/t11?,13-/m0/s1. The van der Waals surface area contributed by atoms with E-state index in [9.17, 15) is 14.7 Å². The number of aliphatic hydroxyl groups is 1. The second kappa shape index (κ2) is 6.52. The summed E-state index contributed by atoms with van der Waals surface area (Å²) in [5.41, 5.74) is 0.909. The van der Waals surface area contributed by atoms with Crippen molar-refractivity contribution in [3.63, 3.8) is 0 Å². The Morgan fingerprint density at radius 1 is 1.40 bits per heavy atom. The summed E-state index contributed by atoms with van der Waals surface area (Å²) in [6, 6.07) is 8.83. The van der Waals surface area contributed by atoms with Crippen LogP contribution in [0.15, 0.2) is 30.3 Å². The number of hydrogen-bond donors (Lipinski definition) is 1. The van der Waals surface area contributed by atoms with Crippen molar-refractivity contribution in [2.75, 3.05) is 6.54 Å². The third-order valence-corrected chi connectivity index (χ3v) is 3.39. The van der Waals surface area contributed by atoms with Crippen molar-refractivity contribution >= 4 is 11.9 Å². The minimum absolute atomic E-state index is 0.201. The van der Waals surface area contributed by atoms with Gasteiger partial charge in [-0.15, -0.1) is 0 Å². The van der Waals surface area contributed by atoms with Gasteiger partial charge in [0.1, 0.15) is 18.8 Å². The van der Waals surface area contributed by atoms with Gasteiger partial charge < -0.3 is 14.7 Å². The largest absolute Gasteiger partial charge is 0.459 e. The van der Waals surface area contributed by atoms with Crippen LogP contribution < -0.4 is 0 Å². The minimum atomic E-state index is -1.09. The quantitative estimate of drug-likeness (QED) is 0.837. The Hall–Kier alpha value is -1.88. The first-order chi connectivity index (χ1) is 9.59. The van der Waals surface area contributed by atoms with Gasteiger partial charge in [0.15, 0.2) is 0 Å². The lowest BCUT2D eigenvalue weighted by atomic mass is 10.2. The predicted octanol–water partition coefficient (Wildman–Crippen LogP) is 1.10. The predicted molar refractivity (Wildman–Crippen MR) is 72.7 cm³/mol. The van der Waals surface area contributed by atoms with Crippen LogP contribution in [0.3, 0.4) is 0 Å². The van der Waals surface area contributed by atoms with Crippen LogP contribution in [-0.2, 0) is 20.9 Å². The second-order valence-electron chi connectivity index (χ2n) is 4.96. The van der Waals surface area contributed by atoms with Crippen molar-refractivity contribution in [2.45, 2.75) is 38.5 Å². The smallest absolute Gasteiger partial charge is 0.329 e. The van der Waals surface area contributed by atoms with Crippen LogP contribution in [0, 0.1) is 0 Å². The summed E-state index contributed by atoms with van der Waals surface area (Å²) < 4.78 is 5.26. The summed E-state index contributed by atoms with van der Waals surface area (Å²) in [6.07, 6.45) is 0.257. The number of amides is 1. The first-order valence-electron chi connectivity index (χ1n) is 6.78. The number of carbonyl (C=O) groups excluding carboxylic acids is 2. The van der Waals surface area contributed by atoms with E-state index in [-0.39, 0.29) is 6.61 Å². The zero-order chi connectivity index (χ0) is 14.5. The lowest BCUT2D eigenvalue weighted by molar-refractivity contribution is -0.156. The highest BCUT2D eigenvalue weighted by atomic mass is 16.5. The maximum Gasteiger partial charge on any atom is 0.329 e. The Morgan fingerprint density at radius 2 is 2.10 bits per heavy atom.